The molecule has 0 radical (unpaired) electrons. The molecule has 222 valence electrons. The molecule has 0 aliphatic rings. The largest absolute Gasteiger partial charge is 0.487 e. The van der Waals surface area contributed by atoms with Crippen molar-refractivity contribution < 1.29 is 18.7 Å². The number of pyridine rings is 1. The van der Waals surface area contributed by atoms with E-state index in [2.05, 4.69) is 29.7 Å². The van der Waals surface area contributed by atoms with Crippen LogP contribution in [-0.4, -0.2) is 15.1 Å². The maximum atomic E-state index is 12.3. The third-order valence-corrected chi connectivity index (χ3v) is 9.03. The fourth-order valence-corrected chi connectivity index (χ4v) is 6.23. The lowest BCUT2D eigenvalue weighted by Crippen LogP contribution is -2.02. The van der Waals surface area contributed by atoms with E-state index in [1.54, 1.807) is 24.5 Å². The Hall–Kier alpha value is -4.92. The summed E-state index contributed by atoms with van der Waals surface area (Å²) < 4.78 is 19.3. The highest BCUT2D eigenvalue weighted by atomic mass is 32.1. The molecule has 0 amide bonds. The molecule has 0 spiro atoms. The van der Waals surface area contributed by atoms with Crippen molar-refractivity contribution in [3.8, 4) is 33.8 Å². The lowest BCUT2D eigenvalue weighted by atomic mass is 9.93. The molecule has 0 saturated heterocycles. The Morgan fingerprint density at radius 1 is 0.778 bits per heavy atom. The molecule has 8 heteroatoms. The number of hydrogen-bond acceptors (Lipinski definition) is 7. The van der Waals surface area contributed by atoms with Gasteiger partial charge in [-0.1, -0.05) is 60.7 Å². The molecule has 0 N–H and O–H groups in total. The first-order valence-corrected chi connectivity index (χ1v) is 15.8. The van der Waals surface area contributed by atoms with E-state index in [9.17, 15) is 4.79 Å². The second kappa shape index (κ2) is 12.6. The van der Waals surface area contributed by atoms with Gasteiger partial charge >= 0.3 is 0 Å². The summed E-state index contributed by atoms with van der Waals surface area (Å²) in [7, 11) is 0. The number of fused-ring (bicyclic) bond motifs is 2. The highest BCUT2D eigenvalue weighted by Crippen LogP contribution is 2.41. The van der Waals surface area contributed by atoms with Crippen molar-refractivity contribution in [3.05, 3.63) is 132 Å². The molecule has 0 aliphatic heterocycles. The molecule has 4 aromatic carbocycles. The van der Waals surface area contributed by atoms with Gasteiger partial charge < -0.3 is 13.9 Å². The molecule has 7 rings (SSSR count). The number of rotatable bonds is 10. The average Bonchev–Trinajstić information content (AvgIpc) is 3.71. The second-order valence-electron chi connectivity index (χ2n) is 10.6. The van der Waals surface area contributed by atoms with Crippen molar-refractivity contribution in [3.63, 3.8) is 0 Å². The van der Waals surface area contributed by atoms with E-state index in [4.69, 9.17) is 18.9 Å². The first-order chi connectivity index (χ1) is 22.0. The Balaban J connectivity index is 1.10. The van der Waals surface area contributed by atoms with E-state index in [1.165, 1.54) is 0 Å². The Morgan fingerprint density at radius 2 is 1.44 bits per heavy atom. The minimum absolute atomic E-state index is 0.265. The van der Waals surface area contributed by atoms with E-state index in [1.807, 2.05) is 97.1 Å². The molecule has 7 aromatic rings. The van der Waals surface area contributed by atoms with Gasteiger partial charge in [0, 0.05) is 16.5 Å². The minimum Gasteiger partial charge on any atom is -0.487 e. The summed E-state index contributed by atoms with van der Waals surface area (Å²) in [4.78, 5) is 21.6. The van der Waals surface area contributed by atoms with Gasteiger partial charge in [0.2, 0.25) is 0 Å². The topological polar surface area (TPSA) is 74.5 Å². The SMILES string of the molecule is CC(C(=O)S)c1occ(-c2ccc(OCc3ccc4ccccc4n3)cc2)c1-c1ccc(OCc2nc3ccccc3s2)cc1. The predicted octanol–water partition coefficient (Wildman–Crippen LogP) is 9.49. The molecule has 1 unspecified atom stereocenters. The average molecular weight is 629 g/mol. The fourth-order valence-electron chi connectivity index (χ4n) is 5.24. The summed E-state index contributed by atoms with van der Waals surface area (Å²) >= 11 is 5.73. The maximum Gasteiger partial charge on any atom is 0.196 e. The van der Waals surface area contributed by atoms with Crippen molar-refractivity contribution in [2.75, 3.05) is 0 Å². The molecular formula is C37H28N2O4S2. The number of nitrogens with zero attached hydrogens (tertiary/aromatic N) is 2. The zero-order valence-electron chi connectivity index (χ0n) is 24.3. The van der Waals surface area contributed by atoms with Crippen molar-refractivity contribution in [2.45, 2.75) is 26.1 Å². The molecule has 0 fully saturated rings. The Bertz CT molecular complexity index is 2080. The fraction of sp³-hybridized carbons (Fsp3) is 0.108. The van der Waals surface area contributed by atoms with Gasteiger partial charge in [0.25, 0.3) is 0 Å². The summed E-state index contributed by atoms with van der Waals surface area (Å²) in [5.41, 5.74) is 6.34. The summed E-state index contributed by atoms with van der Waals surface area (Å²) in [6, 6.07) is 35.8. The Morgan fingerprint density at radius 3 is 2.18 bits per heavy atom. The third-order valence-electron chi connectivity index (χ3n) is 7.63. The molecule has 1 atom stereocenters. The molecule has 0 bridgehead atoms. The number of aromatic nitrogens is 2. The molecule has 0 aliphatic carbocycles. The van der Waals surface area contributed by atoms with E-state index in [0.717, 1.165) is 65.6 Å². The number of carbonyl (C=O) groups excluding carboxylic acids is 1. The van der Waals surface area contributed by atoms with Gasteiger partial charge in [0.05, 0.1) is 33.6 Å². The number of thiazole rings is 1. The molecule has 3 heterocycles. The van der Waals surface area contributed by atoms with Crippen LogP contribution >= 0.6 is 24.0 Å². The third kappa shape index (κ3) is 6.20. The van der Waals surface area contributed by atoms with Crippen LogP contribution in [-0.2, 0) is 18.0 Å². The van der Waals surface area contributed by atoms with Crippen LogP contribution < -0.4 is 9.47 Å². The van der Waals surface area contributed by atoms with Crippen LogP contribution in [0.5, 0.6) is 11.5 Å². The van der Waals surface area contributed by atoms with Crippen molar-refractivity contribution in [1.82, 2.24) is 9.97 Å². The summed E-state index contributed by atoms with van der Waals surface area (Å²) in [5.74, 6) is 1.50. The molecular weight excluding hydrogens is 601 g/mol. The highest BCUT2D eigenvalue weighted by molar-refractivity contribution is 7.96. The molecule has 3 aromatic heterocycles. The lowest BCUT2D eigenvalue weighted by molar-refractivity contribution is -0.112. The molecule has 6 nitrogen and oxygen atoms in total. The summed E-state index contributed by atoms with van der Waals surface area (Å²) in [6.45, 7) is 2.55. The van der Waals surface area contributed by atoms with Crippen LogP contribution in [0.4, 0.5) is 0 Å². The van der Waals surface area contributed by atoms with Gasteiger partial charge in [0.15, 0.2) is 5.12 Å². The zero-order chi connectivity index (χ0) is 30.8. The number of ether oxygens (including phenoxy) is 2. The quantitative estimate of drug-likeness (QED) is 0.152. The van der Waals surface area contributed by atoms with E-state index >= 15 is 0 Å². The van der Waals surface area contributed by atoms with Gasteiger partial charge in [-0.3, -0.25) is 4.79 Å². The van der Waals surface area contributed by atoms with Gasteiger partial charge in [-0.05, 0) is 66.6 Å². The minimum atomic E-state index is -0.524. The number of carbonyl (C=O) groups is 1. The smallest absolute Gasteiger partial charge is 0.196 e. The number of hydrogen-bond donors (Lipinski definition) is 1. The van der Waals surface area contributed by atoms with E-state index in [-0.39, 0.29) is 5.12 Å². The van der Waals surface area contributed by atoms with Gasteiger partial charge in [-0.15, -0.1) is 24.0 Å². The first-order valence-electron chi connectivity index (χ1n) is 14.5. The van der Waals surface area contributed by atoms with Crippen molar-refractivity contribution >= 4 is 50.2 Å². The summed E-state index contributed by atoms with van der Waals surface area (Å²) in [6.07, 6.45) is 1.70. The van der Waals surface area contributed by atoms with Crippen LogP contribution in [0.15, 0.2) is 120 Å². The normalized spacial score (nSPS) is 12.0. The standard InChI is InChI=1S/C37H28N2O4S2/c1-23(37(40)44)36-35(26-13-18-29(19-14-26)42-22-34-39-32-8-4-5-9-33(32)45-34)30(21-43-36)24-11-16-28(17-12-24)41-20-27-15-10-25-6-2-3-7-31(25)38-27/h2-19,21,23H,20,22H2,1H3,(H,40,44). The number of thiol groups is 1. The predicted molar refractivity (Wildman–Crippen MR) is 182 cm³/mol. The van der Waals surface area contributed by atoms with Gasteiger partial charge in [-0.2, -0.15) is 0 Å². The van der Waals surface area contributed by atoms with Crippen LogP contribution in [0.2, 0.25) is 0 Å². The van der Waals surface area contributed by atoms with Crippen molar-refractivity contribution in [2.24, 2.45) is 0 Å². The first kappa shape index (κ1) is 28.8. The van der Waals surface area contributed by atoms with Crippen LogP contribution in [0.1, 0.15) is 29.3 Å². The van der Waals surface area contributed by atoms with E-state index < -0.39 is 5.92 Å². The highest BCUT2D eigenvalue weighted by Gasteiger charge is 2.24. The maximum absolute atomic E-state index is 12.3. The van der Waals surface area contributed by atoms with Gasteiger partial charge in [0.1, 0.15) is 35.5 Å². The van der Waals surface area contributed by atoms with Crippen molar-refractivity contribution in [1.29, 1.82) is 0 Å². The molecule has 45 heavy (non-hydrogen) atoms. The number of benzene rings is 4. The summed E-state index contributed by atoms with van der Waals surface area (Å²) in [5, 5.41) is 1.75. The van der Waals surface area contributed by atoms with Crippen LogP contribution in [0, 0.1) is 0 Å². The number of furan rings is 1. The van der Waals surface area contributed by atoms with Crippen LogP contribution in [0.3, 0.4) is 0 Å². The molecule has 0 saturated carbocycles. The lowest BCUT2D eigenvalue weighted by Gasteiger charge is -2.12. The van der Waals surface area contributed by atoms with Gasteiger partial charge in [-0.25, -0.2) is 9.97 Å². The zero-order valence-corrected chi connectivity index (χ0v) is 26.1. The second-order valence-corrected chi connectivity index (χ2v) is 12.2. The Kier molecular flexibility index (Phi) is 8.07. The monoisotopic (exact) mass is 628 g/mol. The Labute approximate surface area is 269 Å². The van der Waals surface area contributed by atoms with E-state index in [0.29, 0.717) is 19.0 Å². The van der Waals surface area contributed by atoms with Crippen LogP contribution in [0.25, 0.3) is 43.4 Å². The number of para-hydroxylation sites is 2.